The fourth-order valence-corrected chi connectivity index (χ4v) is 1.31. The van der Waals surface area contributed by atoms with E-state index in [0.717, 1.165) is 11.3 Å². The van der Waals surface area contributed by atoms with Crippen LogP contribution >= 0.6 is 11.6 Å². The molecule has 2 rings (SSSR count). The lowest BCUT2D eigenvalue weighted by Crippen LogP contribution is -1.89. The maximum atomic E-state index is 5.72. The Morgan fingerprint density at radius 2 is 2.08 bits per heavy atom. The Balaban J connectivity index is 2.87. The number of fused-ring (bicyclic) bond motifs is 1. The zero-order valence-corrected chi connectivity index (χ0v) is 7.63. The molecule has 4 heteroatoms. The van der Waals surface area contributed by atoms with Gasteiger partial charge in [-0.1, -0.05) is 11.6 Å². The summed E-state index contributed by atoms with van der Waals surface area (Å²) in [7, 11) is 1.96. The standard InChI is InChI=1S/C8H8ClN3/c1-5-10-8-6(12(5)2)3-4-7(9)11-8/h3-4H,1-2H3. The van der Waals surface area contributed by atoms with Gasteiger partial charge < -0.3 is 4.57 Å². The second-order valence-corrected chi connectivity index (χ2v) is 3.08. The van der Waals surface area contributed by atoms with Crippen molar-refractivity contribution in [3.63, 3.8) is 0 Å². The summed E-state index contributed by atoms with van der Waals surface area (Å²) in [4.78, 5) is 8.33. The Morgan fingerprint density at radius 3 is 2.83 bits per heavy atom. The highest BCUT2D eigenvalue weighted by molar-refractivity contribution is 6.29. The highest BCUT2D eigenvalue weighted by atomic mass is 35.5. The molecule has 0 aliphatic heterocycles. The predicted molar refractivity (Wildman–Crippen MR) is 48.3 cm³/mol. The number of hydrogen-bond donors (Lipinski definition) is 0. The largest absolute Gasteiger partial charge is 0.330 e. The highest BCUT2D eigenvalue weighted by Crippen LogP contribution is 2.14. The molecule has 2 heterocycles. The van der Waals surface area contributed by atoms with E-state index >= 15 is 0 Å². The first-order chi connectivity index (χ1) is 5.68. The molecule has 2 aromatic heterocycles. The van der Waals surface area contributed by atoms with Crippen LogP contribution in [0, 0.1) is 6.92 Å². The molecule has 0 spiro atoms. The molecule has 0 aliphatic carbocycles. The number of nitrogens with zero attached hydrogens (tertiary/aromatic N) is 3. The summed E-state index contributed by atoms with van der Waals surface area (Å²) in [6, 6.07) is 3.69. The van der Waals surface area contributed by atoms with E-state index in [2.05, 4.69) is 9.97 Å². The summed E-state index contributed by atoms with van der Waals surface area (Å²) in [6.07, 6.45) is 0. The lowest BCUT2D eigenvalue weighted by molar-refractivity contribution is 0.886. The molecule has 0 unspecified atom stereocenters. The van der Waals surface area contributed by atoms with Crippen molar-refractivity contribution < 1.29 is 0 Å². The summed E-state index contributed by atoms with van der Waals surface area (Å²) in [5.41, 5.74) is 1.72. The lowest BCUT2D eigenvalue weighted by Gasteiger charge is -1.94. The minimum absolute atomic E-state index is 0.487. The summed E-state index contributed by atoms with van der Waals surface area (Å²) in [5.74, 6) is 0.944. The third-order valence-electron chi connectivity index (χ3n) is 1.94. The van der Waals surface area contributed by atoms with Crippen molar-refractivity contribution in [1.82, 2.24) is 14.5 Å². The monoisotopic (exact) mass is 181 g/mol. The van der Waals surface area contributed by atoms with E-state index in [1.165, 1.54) is 0 Å². The molecular weight excluding hydrogens is 174 g/mol. The van der Waals surface area contributed by atoms with Crippen LogP contribution in [-0.4, -0.2) is 14.5 Å². The van der Waals surface area contributed by atoms with Crippen LogP contribution in [0.4, 0.5) is 0 Å². The van der Waals surface area contributed by atoms with Crippen molar-refractivity contribution in [2.75, 3.05) is 0 Å². The van der Waals surface area contributed by atoms with Crippen molar-refractivity contribution in [1.29, 1.82) is 0 Å². The van der Waals surface area contributed by atoms with Gasteiger partial charge in [0.1, 0.15) is 11.0 Å². The molecule has 0 fully saturated rings. The van der Waals surface area contributed by atoms with Crippen LogP contribution in [0.15, 0.2) is 12.1 Å². The Kier molecular flexibility index (Phi) is 1.54. The van der Waals surface area contributed by atoms with Gasteiger partial charge in [-0.15, -0.1) is 0 Å². The van der Waals surface area contributed by atoms with E-state index in [0.29, 0.717) is 10.8 Å². The molecule has 12 heavy (non-hydrogen) atoms. The Morgan fingerprint density at radius 1 is 1.33 bits per heavy atom. The maximum Gasteiger partial charge on any atom is 0.179 e. The van der Waals surface area contributed by atoms with E-state index in [-0.39, 0.29) is 0 Å². The molecule has 0 saturated heterocycles. The predicted octanol–water partition coefficient (Wildman–Crippen LogP) is 1.93. The molecule has 0 aromatic carbocycles. The van der Waals surface area contributed by atoms with Crippen LogP contribution in [0.1, 0.15) is 5.82 Å². The van der Waals surface area contributed by atoms with Gasteiger partial charge >= 0.3 is 0 Å². The van der Waals surface area contributed by atoms with E-state index in [1.54, 1.807) is 6.07 Å². The van der Waals surface area contributed by atoms with Crippen LogP contribution in [0.3, 0.4) is 0 Å². The summed E-state index contributed by atoms with van der Waals surface area (Å²) in [5, 5.41) is 0.487. The zero-order chi connectivity index (χ0) is 8.72. The molecule has 0 amide bonds. The lowest BCUT2D eigenvalue weighted by atomic mass is 10.4. The van der Waals surface area contributed by atoms with Crippen LogP contribution in [-0.2, 0) is 7.05 Å². The summed E-state index contributed by atoms with van der Waals surface area (Å²) in [6.45, 7) is 1.94. The Labute approximate surface area is 75.0 Å². The number of aryl methyl sites for hydroxylation is 2. The van der Waals surface area contributed by atoms with Gasteiger partial charge in [0.15, 0.2) is 5.65 Å². The number of hydrogen-bond acceptors (Lipinski definition) is 2. The normalized spacial score (nSPS) is 10.9. The van der Waals surface area contributed by atoms with E-state index in [1.807, 2.05) is 24.6 Å². The van der Waals surface area contributed by atoms with Crippen LogP contribution < -0.4 is 0 Å². The van der Waals surface area contributed by atoms with Gasteiger partial charge in [0.05, 0.1) is 5.52 Å². The number of imidazole rings is 1. The van der Waals surface area contributed by atoms with Gasteiger partial charge in [0.2, 0.25) is 0 Å². The third-order valence-corrected chi connectivity index (χ3v) is 2.15. The third kappa shape index (κ3) is 0.975. The van der Waals surface area contributed by atoms with E-state index < -0.39 is 0 Å². The van der Waals surface area contributed by atoms with Gasteiger partial charge in [0.25, 0.3) is 0 Å². The van der Waals surface area contributed by atoms with Gasteiger partial charge in [-0.3, -0.25) is 0 Å². The van der Waals surface area contributed by atoms with Gasteiger partial charge in [0, 0.05) is 7.05 Å². The molecule has 0 N–H and O–H groups in total. The van der Waals surface area contributed by atoms with Crippen LogP contribution in [0.25, 0.3) is 11.2 Å². The molecule has 3 nitrogen and oxygen atoms in total. The summed E-state index contributed by atoms with van der Waals surface area (Å²) < 4.78 is 1.98. The van der Waals surface area contributed by atoms with E-state index in [4.69, 9.17) is 11.6 Å². The smallest absolute Gasteiger partial charge is 0.179 e. The minimum Gasteiger partial charge on any atom is -0.330 e. The second kappa shape index (κ2) is 2.45. The van der Waals surface area contributed by atoms with Crippen molar-refractivity contribution in [2.24, 2.45) is 7.05 Å². The maximum absolute atomic E-state index is 5.72. The molecule has 0 bridgehead atoms. The number of rotatable bonds is 0. The minimum atomic E-state index is 0.487. The fourth-order valence-electron chi connectivity index (χ4n) is 1.16. The van der Waals surface area contributed by atoms with Crippen molar-refractivity contribution in [3.05, 3.63) is 23.1 Å². The molecule has 62 valence electrons. The first-order valence-corrected chi connectivity index (χ1v) is 4.02. The van der Waals surface area contributed by atoms with Crippen LogP contribution in [0.2, 0.25) is 5.15 Å². The second-order valence-electron chi connectivity index (χ2n) is 2.69. The number of halogens is 1. The topological polar surface area (TPSA) is 30.7 Å². The highest BCUT2D eigenvalue weighted by Gasteiger charge is 2.04. The molecule has 0 radical (unpaired) electrons. The van der Waals surface area contributed by atoms with Crippen molar-refractivity contribution in [3.8, 4) is 0 Å². The number of pyridine rings is 1. The summed E-state index contributed by atoms with van der Waals surface area (Å²) >= 11 is 5.72. The Hall–Kier alpha value is -1.09. The van der Waals surface area contributed by atoms with Crippen LogP contribution in [0.5, 0.6) is 0 Å². The van der Waals surface area contributed by atoms with Gasteiger partial charge in [-0.05, 0) is 19.1 Å². The zero-order valence-electron chi connectivity index (χ0n) is 6.87. The van der Waals surface area contributed by atoms with Crippen molar-refractivity contribution >= 4 is 22.8 Å². The van der Waals surface area contributed by atoms with Gasteiger partial charge in [-0.2, -0.15) is 0 Å². The first-order valence-electron chi connectivity index (χ1n) is 3.64. The van der Waals surface area contributed by atoms with Gasteiger partial charge in [-0.25, -0.2) is 9.97 Å². The average Bonchev–Trinajstić information content (AvgIpc) is 2.28. The number of aromatic nitrogens is 3. The molecule has 0 saturated carbocycles. The molecule has 0 atom stereocenters. The average molecular weight is 182 g/mol. The molecular formula is C8H8ClN3. The van der Waals surface area contributed by atoms with E-state index in [9.17, 15) is 0 Å². The molecule has 2 aromatic rings. The Bertz CT molecular complexity index is 433. The van der Waals surface area contributed by atoms with Crippen molar-refractivity contribution in [2.45, 2.75) is 6.92 Å². The first kappa shape index (κ1) is 7.55. The fraction of sp³-hybridized carbons (Fsp3) is 0.250. The molecule has 0 aliphatic rings. The SMILES string of the molecule is Cc1nc2nc(Cl)ccc2n1C. The quantitative estimate of drug-likeness (QED) is 0.582.